The van der Waals surface area contributed by atoms with Crippen LogP contribution in [0.3, 0.4) is 0 Å². The van der Waals surface area contributed by atoms with Crippen molar-refractivity contribution in [1.82, 2.24) is 25.4 Å². The first-order valence-corrected chi connectivity index (χ1v) is 12.5. The molecule has 0 unspecified atom stereocenters. The van der Waals surface area contributed by atoms with Crippen LogP contribution in [-0.2, 0) is 12.3 Å². The second kappa shape index (κ2) is 11.7. The maximum atomic E-state index is 12.5. The molecule has 1 heterocycles. The Morgan fingerprint density at radius 3 is 2.66 bits per heavy atom. The molecule has 0 aliphatic heterocycles. The van der Waals surface area contributed by atoms with Gasteiger partial charge >= 0.3 is 6.03 Å². The molecule has 0 bridgehead atoms. The van der Waals surface area contributed by atoms with Crippen molar-refractivity contribution in [1.29, 1.82) is 0 Å². The average Bonchev–Trinajstić information content (AvgIpc) is 3.29. The van der Waals surface area contributed by atoms with E-state index < -0.39 is 4.92 Å². The Bertz CT molecular complexity index is 1160. The first-order valence-electron chi connectivity index (χ1n) is 11.5. The van der Waals surface area contributed by atoms with Crippen molar-refractivity contribution in [3.05, 3.63) is 70.0 Å². The van der Waals surface area contributed by atoms with E-state index in [2.05, 4.69) is 20.8 Å². The molecule has 1 aliphatic carbocycles. The van der Waals surface area contributed by atoms with Crippen LogP contribution < -0.4 is 15.4 Å². The largest absolute Gasteiger partial charge is 0.497 e. The standard InChI is InChI=1S/C24H28N6O4S/c1-34-21-9-5-6-17(14-21)16-35-24-28-27-22(15-25-23(31)26-18-7-3-2-4-8-18)29(24)19-10-12-20(13-11-19)30(32)33/h5-6,9-14,18H,2-4,7-8,15-16H2,1H3,(H2,25,26,31). The number of hydrogen-bond acceptors (Lipinski definition) is 7. The predicted molar refractivity (Wildman–Crippen MR) is 133 cm³/mol. The second-order valence-corrected chi connectivity index (χ2v) is 9.25. The van der Waals surface area contributed by atoms with Crippen LogP contribution in [0.15, 0.2) is 53.7 Å². The summed E-state index contributed by atoms with van der Waals surface area (Å²) in [6, 6.07) is 13.9. The van der Waals surface area contributed by atoms with Crippen LogP contribution in [0, 0.1) is 10.1 Å². The number of nitrogens with one attached hydrogen (secondary N) is 2. The number of ether oxygens (including phenoxy) is 1. The van der Waals surface area contributed by atoms with Gasteiger partial charge in [0.1, 0.15) is 5.75 Å². The van der Waals surface area contributed by atoms with Crippen LogP contribution in [0.5, 0.6) is 5.75 Å². The fourth-order valence-electron chi connectivity index (χ4n) is 4.04. The van der Waals surface area contributed by atoms with Crippen molar-refractivity contribution >= 4 is 23.5 Å². The number of methoxy groups -OCH3 is 1. The molecule has 1 fully saturated rings. The number of carbonyl (C=O) groups is 1. The lowest BCUT2D eigenvalue weighted by Gasteiger charge is -2.22. The number of nitrogens with zero attached hydrogens (tertiary/aromatic N) is 4. The molecule has 10 nitrogen and oxygen atoms in total. The number of aromatic nitrogens is 3. The Morgan fingerprint density at radius 1 is 1.17 bits per heavy atom. The molecular weight excluding hydrogens is 468 g/mol. The van der Waals surface area contributed by atoms with E-state index in [1.807, 2.05) is 28.8 Å². The number of urea groups is 1. The molecule has 1 aliphatic rings. The second-order valence-electron chi connectivity index (χ2n) is 8.31. The van der Waals surface area contributed by atoms with Crippen molar-refractivity contribution in [2.75, 3.05) is 7.11 Å². The van der Waals surface area contributed by atoms with Crippen molar-refractivity contribution < 1.29 is 14.5 Å². The molecule has 0 saturated heterocycles. The minimum absolute atomic E-state index is 0.000979. The van der Waals surface area contributed by atoms with Crippen molar-refractivity contribution in [3.63, 3.8) is 0 Å². The first-order chi connectivity index (χ1) is 17.0. The van der Waals surface area contributed by atoms with E-state index in [9.17, 15) is 14.9 Å². The van der Waals surface area contributed by atoms with Gasteiger partial charge in [-0.05, 0) is 42.7 Å². The van der Waals surface area contributed by atoms with E-state index in [-0.39, 0.29) is 24.3 Å². The van der Waals surface area contributed by atoms with Gasteiger partial charge in [0.15, 0.2) is 11.0 Å². The molecule has 184 valence electrons. The summed E-state index contributed by atoms with van der Waals surface area (Å²) in [6.07, 6.45) is 5.48. The molecule has 2 N–H and O–H groups in total. The van der Waals surface area contributed by atoms with E-state index >= 15 is 0 Å². The summed E-state index contributed by atoms with van der Waals surface area (Å²) in [5.41, 5.74) is 1.73. The number of non-ortho nitro benzene ring substituents is 1. The maximum absolute atomic E-state index is 12.5. The zero-order chi connectivity index (χ0) is 24.6. The summed E-state index contributed by atoms with van der Waals surface area (Å²) in [5.74, 6) is 1.93. The minimum Gasteiger partial charge on any atom is -0.497 e. The molecule has 1 aromatic heterocycles. The highest BCUT2D eigenvalue weighted by molar-refractivity contribution is 7.98. The minimum atomic E-state index is -0.438. The van der Waals surface area contributed by atoms with Gasteiger partial charge in [-0.2, -0.15) is 0 Å². The van der Waals surface area contributed by atoms with Crippen LogP contribution in [0.1, 0.15) is 43.5 Å². The summed E-state index contributed by atoms with van der Waals surface area (Å²) >= 11 is 1.48. The molecule has 0 spiro atoms. The zero-order valence-electron chi connectivity index (χ0n) is 19.5. The molecule has 2 aromatic carbocycles. The molecule has 0 radical (unpaired) electrons. The van der Waals surface area contributed by atoms with E-state index in [4.69, 9.17) is 4.74 Å². The van der Waals surface area contributed by atoms with Gasteiger partial charge in [-0.25, -0.2) is 4.79 Å². The number of nitro groups is 1. The number of thioether (sulfide) groups is 1. The molecule has 2 amide bonds. The normalized spacial score (nSPS) is 13.9. The summed E-state index contributed by atoms with van der Waals surface area (Å²) in [6.45, 7) is 0.169. The first kappa shape index (κ1) is 24.5. The third-order valence-corrected chi connectivity index (χ3v) is 6.87. The van der Waals surface area contributed by atoms with Gasteiger partial charge < -0.3 is 15.4 Å². The average molecular weight is 497 g/mol. The number of amides is 2. The summed E-state index contributed by atoms with van der Waals surface area (Å²) in [4.78, 5) is 23.1. The van der Waals surface area contributed by atoms with E-state index in [0.717, 1.165) is 37.0 Å². The third-order valence-electron chi connectivity index (χ3n) is 5.87. The Labute approximate surface area is 207 Å². The Balaban J connectivity index is 1.51. The topological polar surface area (TPSA) is 124 Å². The maximum Gasteiger partial charge on any atom is 0.315 e. The van der Waals surface area contributed by atoms with Crippen LogP contribution >= 0.6 is 11.8 Å². The Hall–Kier alpha value is -3.60. The lowest BCUT2D eigenvalue weighted by molar-refractivity contribution is -0.384. The molecule has 4 rings (SSSR count). The van der Waals surface area contributed by atoms with Crippen molar-refractivity contribution in [2.24, 2.45) is 0 Å². The van der Waals surface area contributed by atoms with Gasteiger partial charge in [0, 0.05) is 29.6 Å². The zero-order valence-corrected chi connectivity index (χ0v) is 20.3. The van der Waals surface area contributed by atoms with Gasteiger partial charge in [-0.15, -0.1) is 10.2 Å². The highest BCUT2D eigenvalue weighted by Gasteiger charge is 2.19. The molecule has 1 saturated carbocycles. The summed E-state index contributed by atoms with van der Waals surface area (Å²) in [5, 5.41) is 26.3. The number of nitro benzene ring substituents is 1. The number of benzene rings is 2. The van der Waals surface area contributed by atoms with Crippen molar-refractivity contribution in [3.8, 4) is 11.4 Å². The van der Waals surface area contributed by atoms with Crippen LogP contribution in [0.25, 0.3) is 5.69 Å². The van der Waals surface area contributed by atoms with Crippen molar-refractivity contribution in [2.45, 2.75) is 55.6 Å². The monoisotopic (exact) mass is 496 g/mol. The molecular formula is C24H28N6O4S. The van der Waals surface area contributed by atoms with Crippen LogP contribution in [-0.4, -0.2) is 38.9 Å². The number of carbonyl (C=O) groups excluding carboxylic acids is 1. The van der Waals surface area contributed by atoms with Gasteiger partial charge in [-0.3, -0.25) is 14.7 Å². The number of hydrogen-bond donors (Lipinski definition) is 2. The third kappa shape index (κ3) is 6.50. The van der Waals surface area contributed by atoms with Gasteiger partial charge in [-0.1, -0.05) is 43.2 Å². The van der Waals surface area contributed by atoms with Crippen LogP contribution in [0.2, 0.25) is 0 Å². The predicted octanol–water partition coefficient (Wildman–Crippen LogP) is 4.61. The van der Waals surface area contributed by atoms with Gasteiger partial charge in [0.2, 0.25) is 0 Å². The summed E-state index contributed by atoms with van der Waals surface area (Å²) in [7, 11) is 1.63. The Kier molecular flexibility index (Phi) is 8.19. The Morgan fingerprint density at radius 2 is 1.94 bits per heavy atom. The molecule has 3 aromatic rings. The highest BCUT2D eigenvalue weighted by Crippen LogP contribution is 2.27. The molecule has 0 atom stereocenters. The fraction of sp³-hybridized carbons (Fsp3) is 0.375. The van der Waals surface area contributed by atoms with E-state index in [1.54, 1.807) is 19.2 Å². The molecule has 11 heteroatoms. The lowest BCUT2D eigenvalue weighted by atomic mass is 9.96. The molecule has 35 heavy (non-hydrogen) atoms. The number of rotatable bonds is 9. The quantitative estimate of drug-likeness (QED) is 0.252. The van der Waals surface area contributed by atoms with Gasteiger partial charge in [0.05, 0.1) is 18.6 Å². The van der Waals surface area contributed by atoms with E-state index in [0.29, 0.717) is 22.4 Å². The summed E-state index contributed by atoms with van der Waals surface area (Å²) < 4.78 is 7.11. The lowest BCUT2D eigenvalue weighted by Crippen LogP contribution is -2.42. The van der Waals surface area contributed by atoms with Crippen LogP contribution in [0.4, 0.5) is 10.5 Å². The van der Waals surface area contributed by atoms with E-state index in [1.165, 1.54) is 30.3 Å². The fourth-order valence-corrected chi connectivity index (χ4v) is 4.96. The SMILES string of the molecule is COc1cccc(CSc2nnc(CNC(=O)NC3CCCCC3)n2-c2ccc([N+](=O)[O-])cc2)c1. The highest BCUT2D eigenvalue weighted by atomic mass is 32.2. The van der Waals surface area contributed by atoms with Gasteiger partial charge in [0.25, 0.3) is 5.69 Å². The smallest absolute Gasteiger partial charge is 0.315 e.